The average Bonchev–Trinajstić information content (AvgIpc) is 2.81. The summed E-state index contributed by atoms with van der Waals surface area (Å²) >= 11 is 1.89. The fourth-order valence-corrected chi connectivity index (χ4v) is 3.63. The zero-order valence-corrected chi connectivity index (χ0v) is 11.2. The number of halogens is 1. The van der Waals surface area contributed by atoms with Crippen LogP contribution in [0.1, 0.15) is 31.2 Å². The lowest BCUT2D eigenvalue weighted by Gasteiger charge is -2.12. The summed E-state index contributed by atoms with van der Waals surface area (Å²) in [5, 5.41) is 3.10. The van der Waals surface area contributed by atoms with Crippen molar-refractivity contribution in [3.8, 4) is 0 Å². The highest BCUT2D eigenvalue weighted by Gasteiger charge is 2.15. The van der Waals surface area contributed by atoms with Crippen molar-refractivity contribution >= 4 is 11.8 Å². The van der Waals surface area contributed by atoms with Gasteiger partial charge < -0.3 is 5.32 Å². The molecule has 94 valence electrons. The van der Waals surface area contributed by atoms with Gasteiger partial charge in [-0.3, -0.25) is 0 Å². The summed E-state index contributed by atoms with van der Waals surface area (Å²) < 4.78 is 13.2. The lowest BCUT2D eigenvalue weighted by molar-refractivity contribution is 0.619. The first-order chi connectivity index (χ1) is 8.29. The molecule has 0 atom stereocenters. The molecule has 1 N–H and O–H groups in total. The van der Waals surface area contributed by atoms with Crippen LogP contribution in [0.15, 0.2) is 23.1 Å². The monoisotopic (exact) mass is 253 g/mol. The Hall–Kier alpha value is -0.540. The van der Waals surface area contributed by atoms with E-state index in [0.29, 0.717) is 0 Å². The van der Waals surface area contributed by atoms with Crippen molar-refractivity contribution in [2.24, 2.45) is 5.92 Å². The molecule has 0 heterocycles. The summed E-state index contributed by atoms with van der Waals surface area (Å²) in [4.78, 5) is 1.23. The molecule has 3 heteroatoms. The molecule has 2 rings (SSSR count). The van der Waals surface area contributed by atoms with Gasteiger partial charge >= 0.3 is 0 Å². The van der Waals surface area contributed by atoms with Crippen LogP contribution in [0.4, 0.5) is 4.39 Å². The molecule has 0 aliphatic heterocycles. The third-order valence-electron chi connectivity index (χ3n) is 3.34. The van der Waals surface area contributed by atoms with Crippen molar-refractivity contribution in [2.45, 2.75) is 37.1 Å². The van der Waals surface area contributed by atoms with Crippen LogP contribution in [0, 0.1) is 11.7 Å². The molecule has 0 amide bonds. The number of hydrogen-bond donors (Lipinski definition) is 1. The van der Waals surface area contributed by atoms with Gasteiger partial charge in [0.1, 0.15) is 5.82 Å². The molecule has 17 heavy (non-hydrogen) atoms. The van der Waals surface area contributed by atoms with Gasteiger partial charge in [-0.05, 0) is 49.6 Å². The summed E-state index contributed by atoms with van der Waals surface area (Å²) in [6.07, 6.45) is 5.52. The maximum Gasteiger partial charge on any atom is 0.123 e. The van der Waals surface area contributed by atoms with Crippen LogP contribution in [-0.2, 0) is 6.54 Å². The smallest absolute Gasteiger partial charge is 0.123 e. The first-order valence-electron chi connectivity index (χ1n) is 6.35. The largest absolute Gasteiger partial charge is 0.316 e. The Kier molecular flexibility index (Phi) is 4.86. The maximum absolute atomic E-state index is 13.2. The van der Waals surface area contributed by atoms with E-state index in [1.807, 2.05) is 24.9 Å². The second-order valence-electron chi connectivity index (χ2n) is 4.74. The van der Waals surface area contributed by atoms with Crippen LogP contribution in [0.25, 0.3) is 0 Å². The number of benzene rings is 1. The molecule has 1 aromatic carbocycles. The van der Waals surface area contributed by atoms with E-state index >= 15 is 0 Å². The number of hydrogen-bond acceptors (Lipinski definition) is 2. The Morgan fingerprint density at radius 2 is 2.12 bits per heavy atom. The standard InChI is InChI=1S/C14H20FNS/c1-16-9-12-8-13(15)6-7-14(12)17-10-11-4-2-3-5-11/h6-8,11,16H,2-5,9-10H2,1H3. The average molecular weight is 253 g/mol. The lowest BCUT2D eigenvalue weighted by atomic mass is 10.1. The van der Waals surface area contributed by atoms with E-state index in [0.717, 1.165) is 18.0 Å². The predicted octanol–water partition coefficient (Wildman–Crippen LogP) is 3.83. The van der Waals surface area contributed by atoms with Gasteiger partial charge in [0.25, 0.3) is 0 Å². The summed E-state index contributed by atoms with van der Waals surface area (Å²) in [7, 11) is 1.90. The molecule has 1 nitrogen and oxygen atoms in total. The van der Waals surface area contributed by atoms with E-state index in [9.17, 15) is 4.39 Å². The first-order valence-corrected chi connectivity index (χ1v) is 7.34. The van der Waals surface area contributed by atoms with E-state index in [-0.39, 0.29) is 5.82 Å². The Balaban J connectivity index is 1.98. The normalized spacial score (nSPS) is 16.6. The van der Waals surface area contributed by atoms with Gasteiger partial charge in [-0.1, -0.05) is 12.8 Å². The Bertz CT molecular complexity index is 361. The van der Waals surface area contributed by atoms with Crippen molar-refractivity contribution < 1.29 is 4.39 Å². The second-order valence-corrected chi connectivity index (χ2v) is 5.81. The molecule has 0 unspecified atom stereocenters. The third kappa shape index (κ3) is 3.71. The van der Waals surface area contributed by atoms with Crippen LogP contribution < -0.4 is 5.32 Å². The number of thioether (sulfide) groups is 1. The highest BCUT2D eigenvalue weighted by Crippen LogP contribution is 2.32. The molecule has 0 saturated heterocycles. The minimum Gasteiger partial charge on any atom is -0.316 e. The molecular formula is C14H20FNS. The van der Waals surface area contributed by atoms with Crippen molar-refractivity contribution in [3.05, 3.63) is 29.6 Å². The fourth-order valence-electron chi connectivity index (χ4n) is 2.40. The van der Waals surface area contributed by atoms with E-state index in [1.54, 1.807) is 12.1 Å². The van der Waals surface area contributed by atoms with Gasteiger partial charge in [0, 0.05) is 17.2 Å². The summed E-state index contributed by atoms with van der Waals surface area (Å²) in [6.45, 7) is 0.741. The summed E-state index contributed by atoms with van der Waals surface area (Å²) in [6, 6.07) is 5.13. The van der Waals surface area contributed by atoms with Gasteiger partial charge in [0.15, 0.2) is 0 Å². The summed E-state index contributed by atoms with van der Waals surface area (Å²) in [5.74, 6) is 1.91. The van der Waals surface area contributed by atoms with Crippen LogP contribution in [0.3, 0.4) is 0 Å². The van der Waals surface area contributed by atoms with Gasteiger partial charge in [0.05, 0.1) is 0 Å². The predicted molar refractivity (Wildman–Crippen MR) is 71.8 cm³/mol. The minimum atomic E-state index is -0.138. The minimum absolute atomic E-state index is 0.138. The Morgan fingerprint density at radius 1 is 1.35 bits per heavy atom. The molecule has 1 aliphatic carbocycles. The topological polar surface area (TPSA) is 12.0 Å². The second kappa shape index (κ2) is 6.41. The molecule has 0 spiro atoms. The molecule has 0 radical (unpaired) electrons. The molecule has 1 fully saturated rings. The molecule has 0 aromatic heterocycles. The van der Waals surface area contributed by atoms with Gasteiger partial charge in [0.2, 0.25) is 0 Å². The van der Waals surface area contributed by atoms with E-state index in [1.165, 1.54) is 36.3 Å². The quantitative estimate of drug-likeness (QED) is 0.800. The van der Waals surface area contributed by atoms with Crippen molar-refractivity contribution in [1.29, 1.82) is 0 Å². The van der Waals surface area contributed by atoms with Gasteiger partial charge in [-0.2, -0.15) is 0 Å². The Labute approximate surface area is 107 Å². The maximum atomic E-state index is 13.2. The van der Waals surface area contributed by atoms with E-state index in [2.05, 4.69) is 5.32 Å². The van der Waals surface area contributed by atoms with Crippen LogP contribution in [0.5, 0.6) is 0 Å². The van der Waals surface area contributed by atoms with Crippen LogP contribution in [0.2, 0.25) is 0 Å². The van der Waals surface area contributed by atoms with Crippen LogP contribution in [-0.4, -0.2) is 12.8 Å². The molecule has 1 saturated carbocycles. The van der Waals surface area contributed by atoms with Crippen molar-refractivity contribution in [1.82, 2.24) is 5.32 Å². The van der Waals surface area contributed by atoms with E-state index in [4.69, 9.17) is 0 Å². The third-order valence-corrected chi connectivity index (χ3v) is 4.69. The number of rotatable bonds is 5. The molecular weight excluding hydrogens is 233 g/mol. The highest BCUT2D eigenvalue weighted by atomic mass is 32.2. The number of nitrogens with one attached hydrogen (secondary N) is 1. The lowest BCUT2D eigenvalue weighted by Crippen LogP contribution is -2.07. The zero-order chi connectivity index (χ0) is 12.1. The first kappa shape index (κ1) is 12.9. The molecule has 0 bridgehead atoms. The highest BCUT2D eigenvalue weighted by molar-refractivity contribution is 7.99. The SMILES string of the molecule is CNCc1cc(F)ccc1SCC1CCCC1. The van der Waals surface area contributed by atoms with E-state index < -0.39 is 0 Å². The fraction of sp³-hybridized carbons (Fsp3) is 0.571. The molecule has 1 aliphatic rings. The van der Waals surface area contributed by atoms with Crippen LogP contribution >= 0.6 is 11.8 Å². The van der Waals surface area contributed by atoms with Crippen molar-refractivity contribution in [3.63, 3.8) is 0 Å². The zero-order valence-electron chi connectivity index (χ0n) is 10.3. The summed E-state index contributed by atoms with van der Waals surface area (Å²) in [5.41, 5.74) is 1.08. The van der Waals surface area contributed by atoms with Gasteiger partial charge in [-0.15, -0.1) is 11.8 Å². The van der Waals surface area contributed by atoms with Crippen molar-refractivity contribution in [2.75, 3.05) is 12.8 Å². The van der Waals surface area contributed by atoms with Gasteiger partial charge in [-0.25, -0.2) is 4.39 Å². The Morgan fingerprint density at radius 3 is 2.82 bits per heavy atom. The molecule has 1 aromatic rings.